The Labute approximate surface area is 156 Å². The fourth-order valence-corrected chi connectivity index (χ4v) is 2.99. The first-order valence-corrected chi connectivity index (χ1v) is 8.48. The maximum absolute atomic E-state index is 13.4. The Morgan fingerprint density at radius 2 is 1.81 bits per heavy atom. The van der Waals surface area contributed by atoms with Crippen LogP contribution in [0.3, 0.4) is 0 Å². The van der Waals surface area contributed by atoms with Crippen LogP contribution in [0.25, 0.3) is 0 Å². The van der Waals surface area contributed by atoms with E-state index in [-0.39, 0.29) is 0 Å². The van der Waals surface area contributed by atoms with Crippen LogP contribution < -0.4 is 10.6 Å². The molecule has 0 aliphatic carbocycles. The van der Waals surface area contributed by atoms with Crippen molar-refractivity contribution in [2.24, 2.45) is 0 Å². The molecule has 1 fully saturated rings. The number of hydrogen-bond acceptors (Lipinski definition) is 3. The summed E-state index contributed by atoms with van der Waals surface area (Å²) in [5, 5.41) is 5.19. The van der Waals surface area contributed by atoms with Crippen molar-refractivity contribution in [3.8, 4) is 0 Å². The Morgan fingerprint density at radius 3 is 2.48 bits per heavy atom. The van der Waals surface area contributed by atoms with Gasteiger partial charge in [0.1, 0.15) is 17.9 Å². The number of amides is 4. The third-order valence-corrected chi connectivity index (χ3v) is 4.68. The zero-order chi connectivity index (χ0) is 19.8. The van der Waals surface area contributed by atoms with Gasteiger partial charge in [-0.3, -0.25) is 14.5 Å². The van der Waals surface area contributed by atoms with Crippen LogP contribution >= 0.6 is 0 Å². The number of halogens is 1. The van der Waals surface area contributed by atoms with E-state index in [0.29, 0.717) is 16.8 Å². The first kappa shape index (κ1) is 18.6. The molecule has 2 aromatic carbocycles. The minimum atomic E-state index is -1.24. The Hall–Kier alpha value is -3.22. The number of urea groups is 1. The van der Waals surface area contributed by atoms with Gasteiger partial charge in [0.25, 0.3) is 5.91 Å². The van der Waals surface area contributed by atoms with Crippen molar-refractivity contribution in [3.05, 3.63) is 65.0 Å². The maximum atomic E-state index is 13.4. The topological polar surface area (TPSA) is 78.5 Å². The molecule has 0 unspecified atom stereocenters. The molecule has 0 bridgehead atoms. The molecule has 0 spiro atoms. The first-order chi connectivity index (χ1) is 12.7. The van der Waals surface area contributed by atoms with E-state index in [2.05, 4.69) is 10.6 Å². The molecule has 0 radical (unpaired) electrons. The molecule has 4 amide bonds. The standard InChI is InChI=1S/C20H20FN3O3/c1-12-4-7-14(8-5-12)20(3)18(26)24(19(27)23-20)11-17(25)22-16-10-15(21)9-6-13(16)2/h4-10H,11H2,1-3H3,(H,22,25)(H,23,27)/t20-/m1/s1. The molecule has 1 saturated heterocycles. The van der Waals surface area contributed by atoms with Crippen molar-refractivity contribution in [3.63, 3.8) is 0 Å². The van der Waals surface area contributed by atoms with Gasteiger partial charge in [-0.05, 0) is 44.0 Å². The first-order valence-electron chi connectivity index (χ1n) is 8.48. The van der Waals surface area contributed by atoms with Gasteiger partial charge >= 0.3 is 6.03 Å². The van der Waals surface area contributed by atoms with Crippen molar-refractivity contribution in [1.82, 2.24) is 10.2 Å². The smallest absolute Gasteiger partial charge is 0.324 e. The lowest BCUT2D eigenvalue weighted by molar-refractivity contribution is -0.133. The molecule has 0 saturated carbocycles. The van der Waals surface area contributed by atoms with E-state index >= 15 is 0 Å². The number of benzene rings is 2. The predicted octanol–water partition coefficient (Wildman–Crippen LogP) is 2.85. The van der Waals surface area contributed by atoms with Crippen LogP contribution in [-0.4, -0.2) is 29.3 Å². The molecule has 3 rings (SSSR count). The van der Waals surface area contributed by atoms with Gasteiger partial charge in [-0.2, -0.15) is 0 Å². The van der Waals surface area contributed by atoms with Crippen LogP contribution in [0.4, 0.5) is 14.9 Å². The van der Waals surface area contributed by atoms with Gasteiger partial charge in [0.15, 0.2) is 0 Å². The summed E-state index contributed by atoms with van der Waals surface area (Å²) in [6.45, 7) is 4.79. The molecule has 140 valence electrons. The second kappa shape index (κ2) is 6.83. The van der Waals surface area contributed by atoms with Gasteiger partial charge in [-0.15, -0.1) is 0 Å². The fraction of sp³-hybridized carbons (Fsp3) is 0.250. The molecule has 7 heteroatoms. The summed E-state index contributed by atoms with van der Waals surface area (Å²) in [6, 6.07) is 10.6. The summed E-state index contributed by atoms with van der Waals surface area (Å²) in [5.74, 6) is -1.58. The number of rotatable bonds is 4. The van der Waals surface area contributed by atoms with E-state index in [1.54, 1.807) is 26.0 Å². The third kappa shape index (κ3) is 3.53. The fourth-order valence-electron chi connectivity index (χ4n) is 2.99. The lowest BCUT2D eigenvalue weighted by atomic mass is 9.91. The van der Waals surface area contributed by atoms with Gasteiger partial charge < -0.3 is 10.6 Å². The predicted molar refractivity (Wildman–Crippen MR) is 98.5 cm³/mol. The molecule has 1 aliphatic heterocycles. The van der Waals surface area contributed by atoms with E-state index in [1.165, 1.54) is 18.2 Å². The van der Waals surface area contributed by atoms with Crippen molar-refractivity contribution in [1.29, 1.82) is 0 Å². The Bertz CT molecular complexity index is 927. The number of aryl methyl sites for hydroxylation is 2. The molecule has 1 atom stereocenters. The average molecular weight is 369 g/mol. The van der Waals surface area contributed by atoms with Crippen LogP contribution in [-0.2, 0) is 15.1 Å². The highest BCUT2D eigenvalue weighted by atomic mass is 19.1. The van der Waals surface area contributed by atoms with Crippen molar-refractivity contribution < 1.29 is 18.8 Å². The monoisotopic (exact) mass is 369 g/mol. The zero-order valence-electron chi connectivity index (χ0n) is 15.3. The highest BCUT2D eigenvalue weighted by Crippen LogP contribution is 2.29. The number of imide groups is 1. The molecule has 1 heterocycles. The number of carbonyl (C=O) groups is 3. The number of hydrogen-bond donors (Lipinski definition) is 2. The van der Waals surface area contributed by atoms with Gasteiger partial charge in [0, 0.05) is 5.69 Å². The third-order valence-electron chi connectivity index (χ3n) is 4.68. The van der Waals surface area contributed by atoms with Crippen molar-refractivity contribution >= 4 is 23.5 Å². The molecule has 6 nitrogen and oxygen atoms in total. The largest absolute Gasteiger partial charge is 0.325 e. The molecule has 2 N–H and O–H groups in total. The summed E-state index contributed by atoms with van der Waals surface area (Å²) < 4.78 is 13.4. The number of nitrogens with zero attached hydrogens (tertiary/aromatic N) is 1. The summed E-state index contributed by atoms with van der Waals surface area (Å²) in [4.78, 5) is 38.3. The molecule has 2 aromatic rings. The highest BCUT2D eigenvalue weighted by molar-refractivity contribution is 6.10. The maximum Gasteiger partial charge on any atom is 0.325 e. The second-order valence-electron chi connectivity index (χ2n) is 6.82. The molecule has 1 aliphatic rings. The van der Waals surface area contributed by atoms with Gasteiger partial charge in [0.05, 0.1) is 0 Å². The van der Waals surface area contributed by atoms with Crippen LogP contribution in [0.1, 0.15) is 23.6 Å². The minimum Gasteiger partial charge on any atom is -0.324 e. The summed E-state index contributed by atoms with van der Waals surface area (Å²) in [7, 11) is 0. The molecular weight excluding hydrogens is 349 g/mol. The highest BCUT2D eigenvalue weighted by Gasteiger charge is 2.49. The van der Waals surface area contributed by atoms with Gasteiger partial charge in [0.2, 0.25) is 5.91 Å². The average Bonchev–Trinajstić information content (AvgIpc) is 2.83. The summed E-state index contributed by atoms with van der Waals surface area (Å²) in [6.07, 6.45) is 0. The van der Waals surface area contributed by atoms with Crippen LogP contribution in [0, 0.1) is 19.7 Å². The van der Waals surface area contributed by atoms with E-state index in [4.69, 9.17) is 0 Å². The van der Waals surface area contributed by atoms with Crippen LogP contribution in [0.15, 0.2) is 42.5 Å². The lowest BCUT2D eigenvalue weighted by Crippen LogP contribution is -2.42. The van der Waals surface area contributed by atoms with E-state index in [1.807, 2.05) is 19.1 Å². The summed E-state index contributed by atoms with van der Waals surface area (Å²) >= 11 is 0. The molecule has 27 heavy (non-hydrogen) atoms. The normalized spacial score (nSPS) is 19.2. The number of anilines is 1. The van der Waals surface area contributed by atoms with E-state index in [9.17, 15) is 18.8 Å². The Balaban J connectivity index is 1.76. The summed E-state index contributed by atoms with van der Waals surface area (Å²) in [5.41, 5.74) is 1.40. The van der Waals surface area contributed by atoms with Crippen molar-refractivity contribution in [2.45, 2.75) is 26.3 Å². The molecular formula is C20H20FN3O3. The van der Waals surface area contributed by atoms with E-state index < -0.39 is 35.7 Å². The van der Waals surface area contributed by atoms with E-state index in [0.717, 1.165) is 10.5 Å². The van der Waals surface area contributed by atoms with Gasteiger partial charge in [-0.1, -0.05) is 35.9 Å². The van der Waals surface area contributed by atoms with Gasteiger partial charge in [-0.25, -0.2) is 9.18 Å². The lowest BCUT2D eigenvalue weighted by Gasteiger charge is -2.22. The SMILES string of the molecule is Cc1ccc([C@@]2(C)NC(=O)N(CC(=O)Nc3cc(F)ccc3C)C2=O)cc1. The quantitative estimate of drug-likeness (QED) is 0.814. The van der Waals surface area contributed by atoms with Crippen molar-refractivity contribution in [2.75, 3.05) is 11.9 Å². The number of carbonyl (C=O) groups excluding carboxylic acids is 3. The Morgan fingerprint density at radius 1 is 1.15 bits per heavy atom. The zero-order valence-corrected chi connectivity index (χ0v) is 15.3. The molecule has 0 aromatic heterocycles. The second-order valence-corrected chi connectivity index (χ2v) is 6.82. The minimum absolute atomic E-state index is 0.299. The van der Waals surface area contributed by atoms with Crippen LogP contribution in [0.2, 0.25) is 0 Å². The number of nitrogens with one attached hydrogen (secondary N) is 2. The Kier molecular flexibility index (Phi) is 4.70. The van der Waals surface area contributed by atoms with Crippen LogP contribution in [0.5, 0.6) is 0 Å².